The van der Waals surface area contributed by atoms with Crippen molar-refractivity contribution in [1.82, 2.24) is 15.0 Å². The van der Waals surface area contributed by atoms with Gasteiger partial charge in [0.05, 0.1) is 7.11 Å². The van der Waals surface area contributed by atoms with Crippen LogP contribution in [0.3, 0.4) is 0 Å². The molecule has 1 unspecified atom stereocenters. The SMILES string of the molecule is CCC(Cc1nc(C(Cl)(Cl)Cl)nc(C(Cl)(Cl)Cl)n1)c1ccc(OC)cc1. The molecule has 26 heavy (non-hydrogen) atoms. The highest BCUT2D eigenvalue weighted by Gasteiger charge is 2.34. The molecule has 0 spiro atoms. The molecule has 0 saturated carbocycles. The van der Waals surface area contributed by atoms with E-state index in [4.69, 9.17) is 74.3 Å². The van der Waals surface area contributed by atoms with Gasteiger partial charge in [-0.05, 0) is 30.0 Å². The maximum atomic E-state index is 5.91. The first-order chi connectivity index (χ1) is 12.0. The molecule has 0 bridgehead atoms. The van der Waals surface area contributed by atoms with Gasteiger partial charge >= 0.3 is 0 Å². The number of halogens is 6. The van der Waals surface area contributed by atoms with Crippen LogP contribution in [0.2, 0.25) is 0 Å². The third-order valence-electron chi connectivity index (χ3n) is 3.70. The molecule has 1 aromatic carbocycles. The molecule has 4 nitrogen and oxygen atoms in total. The summed E-state index contributed by atoms with van der Waals surface area (Å²) in [6.07, 6.45) is 1.30. The number of alkyl halides is 6. The largest absolute Gasteiger partial charge is 0.497 e. The van der Waals surface area contributed by atoms with Gasteiger partial charge in [0.1, 0.15) is 11.6 Å². The second-order valence-electron chi connectivity index (χ2n) is 5.48. The molecule has 1 aromatic heterocycles. The Bertz CT molecular complexity index is 711. The maximum absolute atomic E-state index is 5.91. The molecule has 2 aromatic rings. The number of hydrogen-bond acceptors (Lipinski definition) is 4. The fraction of sp³-hybridized carbons (Fsp3) is 0.438. The second kappa shape index (κ2) is 8.85. The second-order valence-corrected chi connectivity index (χ2v) is 10.0. The van der Waals surface area contributed by atoms with Crippen LogP contribution >= 0.6 is 69.6 Å². The molecule has 0 fully saturated rings. The molecule has 1 heterocycles. The van der Waals surface area contributed by atoms with Crippen molar-refractivity contribution < 1.29 is 4.74 Å². The molecule has 142 valence electrons. The van der Waals surface area contributed by atoms with E-state index in [2.05, 4.69) is 21.9 Å². The van der Waals surface area contributed by atoms with Gasteiger partial charge in [-0.25, -0.2) is 15.0 Å². The molecule has 0 saturated heterocycles. The summed E-state index contributed by atoms with van der Waals surface area (Å²) in [5, 5.41) is 0. The van der Waals surface area contributed by atoms with E-state index < -0.39 is 7.59 Å². The van der Waals surface area contributed by atoms with Crippen LogP contribution in [0.4, 0.5) is 0 Å². The molecule has 10 heteroatoms. The van der Waals surface area contributed by atoms with Gasteiger partial charge in [0.2, 0.25) is 7.59 Å². The zero-order chi connectivity index (χ0) is 19.5. The minimum atomic E-state index is -1.86. The topological polar surface area (TPSA) is 47.9 Å². The lowest BCUT2D eigenvalue weighted by atomic mass is 9.93. The summed E-state index contributed by atoms with van der Waals surface area (Å²) in [6, 6.07) is 7.76. The van der Waals surface area contributed by atoms with E-state index in [1.165, 1.54) is 0 Å². The summed E-state index contributed by atoms with van der Waals surface area (Å²) in [5.74, 6) is 1.11. The lowest BCUT2D eigenvalue weighted by Gasteiger charge is -2.18. The van der Waals surface area contributed by atoms with Crippen molar-refractivity contribution in [2.24, 2.45) is 0 Å². The molecule has 0 aliphatic rings. The Balaban J connectivity index is 2.38. The van der Waals surface area contributed by atoms with Crippen molar-refractivity contribution in [1.29, 1.82) is 0 Å². The monoisotopic (exact) mass is 475 g/mol. The normalized spacial score (nSPS) is 13.5. The van der Waals surface area contributed by atoms with Crippen LogP contribution in [0.5, 0.6) is 5.75 Å². The first-order valence-corrected chi connectivity index (χ1v) is 9.84. The number of aromatic nitrogens is 3. The van der Waals surface area contributed by atoms with Gasteiger partial charge in [0, 0.05) is 6.42 Å². The summed E-state index contributed by atoms with van der Waals surface area (Å²) < 4.78 is 1.47. The van der Waals surface area contributed by atoms with Gasteiger partial charge in [0.15, 0.2) is 11.6 Å². The van der Waals surface area contributed by atoms with E-state index in [0.29, 0.717) is 12.2 Å². The third-order valence-corrected chi connectivity index (χ3v) is 4.71. The van der Waals surface area contributed by atoms with E-state index in [-0.39, 0.29) is 17.6 Å². The highest BCUT2D eigenvalue weighted by atomic mass is 35.6. The minimum Gasteiger partial charge on any atom is -0.497 e. The summed E-state index contributed by atoms with van der Waals surface area (Å²) >= 11 is 35.5. The Labute approximate surface area is 182 Å². The van der Waals surface area contributed by atoms with Crippen molar-refractivity contribution >= 4 is 69.6 Å². The number of rotatable bonds is 5. The average molecular weight is 478 g/mol. The quantitative estimate of drug-likeness (QED) is 0.476. The summed E-state index contributed by atoms with van der Waals surface area (Å²) in [7, 11) is 1.62. The van der Waals surface area contributed by atoms with Gasteiger partial charge in [-0.1, -0.05) is 88.7 Å². The molecule has 2 rings (SSSR count). The van der Waals surface area contributed by atoms with Crippen molar-refractivity contribution in [3.05, 3.63) is 47.3 Å². The molecular weight excluding hydrogens is 463 g/mol. The lowest BCUT2D eigenvalue weighted by molar-refractivity contribution is 0.414. The van der Waals surface area contributed by atoms with Crippen molar-refractivity contribution in [2.45, 2.75) is 33.3 Å². The van der Waals surface area contributed by atoms with E-state index >= 15 is 0 Å². The summed E-state index contributed by atoms with van der Waals surface area (Å²) in [6.45, 7) is 2.06. The summed E-state index contributed by atoms with van der Waals surface area (Å²) in [4.78, 5) is 12.5. The van der Waals surface area contributed by atoms with Crippen molar-refractivity contribution in [3.8, 4) is 5.75 Å². The van der Waals surface area contributed by atoms with Crippen LogP contribution in [0.1, 0.15) is 42.3 Å². The zero-order valence-electron chi connectivity index (χ0n) is 13.8. The number of benzene rings is 1. The van der Waals surface area contributed by atoms with Crippen molar-refractivity contribution in [3.63, 3.8) is 0 Å². The molecule has 1 atom stereocenters. The zero-order valence-corrected chi connectivity index (χ0v) is 18.4. The molecule has 0 amide bonds. The van der Waals surface area contributed by atoms with Crippen LogP contribution in [0.15, 0.2) is 24.3 Å². The average Bonchev–Trinajstić information content (AvgIpc) is 2.58. The van der Waals surface area contributed by atoms with Crippen LogP contribution in [-0.4, -0.2) is 22.1 Å². The summed E-state index contributed by atoms with van der Waals surface area (Å²) in [5.41, 5.74) is 1.10. The third kappa shape index (κ3) is 5.88. The van der Waals surface area contributed by atoms with E-state index in [1.54, 1.807) is 7.11 Å². The van der Waals surface area contributed by atoms with Crippen LogP contribution < -0.4 is 4.74 Å². The molecule has 0 radical (unpaired) electrons. The molecule has 0 aliphatic carbocycles. The first kappa shape index (κ1) is 22.1. The number of hydrogen-bond donors (Lipinski definition) is 0. The Hall–Kier alpha value is -0.230. The minimum absolute atomic E-state index is 0.0848. The predicted octanol–water partition coefficient (Wildman–Crippen LogP) is 6.27. The highest BCUT2D eigenvalue weighted by molar-refractivity contribution is 6.67. The highest BCUT2D eigenvalue weighted by Crippen LogP contribution is 2.40. The van der Waals surface area contributed by atoms with Crippen LogP contribution in [0, 0.1) is 0 Å². The number of ether oxygens (including phenoxy) is 1. The number of nitrogens with zero attached hydrogens (tertiary/aromatic N) is 3. The van der Waals surface area contributed by atoms with Gasteiger partial charge in [-0.2, -0.15) is 0 Å². The molecule has 0 aliphatic heterocycles. The smallest absolute Gasteiger partial charge is 0.250 e. The van der Waals surface area contributed by atoms with E-state index in [0.717, 1.165) is 17.7 Å². The van der Waals surface area contributed by atoms with E-state index in [9.17, 15) is 0 Å². The fourth-order valence-electron chi connectivity index (χ4n) is 2.36. The van der Waals surface area contributed by atoms with Crippen molar-refractivity contribution in [2.75, 3.05) is 7.11 Å². The Morgan fingerprint density at radius 3 is 1.77 bits per heavy atom. The van der Waals surface area contributed by atoms with Gasteiger partial charge in [-0.15, -0.1) is 0 Å². The predicted molar refractivity (Wildman–Crippen MR) is 108 cm³/mol. The molecule has 0 N–H and O–H groups in total. The fourth-order valence-corrected chi connectivity index (χ4v) is 2.87. The standard InChI is InChI=1S/C16H15Cl6N3O/c1-3-9(10-4-6-11(26-2)7-5-10)8-12-23-13(15(17,18)19)25-14(24-12)16(20,21)22/h4-7,9H,3,8H2,1-2H3. The maximum Gasteiger partial charge on any atom is 0.250 e. The lowest BCUT2D eigenvalue weighted by Crippen LogP contribution is -2.19. The van der Waals surface area contributed by atoms with Gasteiger partial charge in [-0.3, -0.25) is 0 Å². The van der Waals surface area contributed by atoms with Crippen LogP contribution in [0.25, 0.3) is 0 Å². The Kier molecular flexibility index (Phi) is 7.51. The first-order valence-electron chi connectivity index (χ1n) is 7.58. The number of methoxy groups -OCH3 is 1. The van der Waals surface area contributed by atoms with Gasteiger partial charge < -0.3 is 4.74 Å². The Morgan fingerprint density at radius 1 is 0.885 bits per heavy atom. The van der Waals surface area contributed by atoms with Gasteiger partial charge in [0.25, 0.3) is 0 Å². The molecular formula is C16H15Cl6N3O. The Morgan fingerprint density at radius 2 is 1.38 bits per heavy atom. The van der Waals surface area contributed by atoms with E-state index in [1.807, 2.05) is 24.3 Å². The van der Waals surface area contributed by atoms with Crippen LogP contribution in [-0.2, 0) is 14.0 Å².